The molecule has 1 aliphatic carbocycles. The topological polar surface area (TPSA) is 46.6 Å². The molecule has 0 bridgehead atoms. The van der Waals surface area contributed by atoms with Crippen LogP contribution < -0.4 is 0 Å². The molecule has 2 fully saturated rings. The van der Waals surface area contributed by atoms with E-state index < -0.39 is 5.60 Å². The monoisotopic (exact) mass is 365 g/mol. The van der Waals surface area contributed by atoms with Crippen LogP contribution in [0.15, 0.2) is 0 Å². The molecule has 1 heterocycles. The van der Waals surface area contributed by atoms with Gasteiger partial charge < -0.3 is 9.64 Å². The number of likely N-dealkylation sites (tertiary alicyclic amines) is 1. The number of nitrogens with zero attached hydrogens (tertiary/aromatic N) is 1. The lowest BCUT2D eigenvalue weighted by Gasteiger charge is -2.46. The number of rotatable bonds is 2. The number of carbonyl (C=O) groups is 2. The number of hydrogen-bond donors (Lipinski definition) is 0. The maximum Gasteiger partial charge on any atom is 0.410 e. The third-order valence-electron chi connectivity index (χ3n) is 6.34. The van der Waals surface area contributed by atoms with Gasteiger partial charge in [-0.05, 0) is 63.7 Å². The Kier molecular flexibility index (Phi) is 6.45. The zero-order valence-electron chi connectivity index (χ0n) is 17.9. The van der Waals surface area contributed by atoms with E-state index in [0.29, 0.717) is 30.6 Å². The van der Waals surface area contributed by atoms with E-state index in [1.165, 1.54) is 0 Å². The molecule has 0 aromatic rings. The first-order valence-corrected chi connectivity index (χ1v) is 10.4. The summed E-state index contributed by atoms with van der Waals surface area (Å²) in [6.07, 6.45) is 5.35. The Hall–Kier alpha value is -1.06. The summed E-state index contributed by atoms with van der Waals surface area (Å²) in [4.78, 5) is 27.6. The van der Waals surface area contributed by atoms with Gasteiger partial charge in [0.05, 0.1) is 0 Å². The van der Waals surface area contributed by atoms with Crippen molar-refractivity contribution in [2.45, 2.75) is 98.6 Å². The van der Waals surface area contributed by atoms with Crippen molar-refractivity contribution < 1.29 is 14.3 Å². The Labute approximate surface area is 160 Å². The van der Waals surface area contributed by atoms with Crippen LogP contribution in [0.5, 0.6) is 0 Å². The lowest BCUT2D eigenvalue weighted by Crippen LogP contribution is -2.54. The zero-order chi connectivity index (χ0) is 19.7. The van der Waals surface area contributed by atoms with E-state index in [2.05, 4.69) is 27.7 Å². The first-order chi connectivity index (χ1) is 11.9. The Morgan fingerprint density at radius 2 is 1.77 bits per heavy atom. The molecule has 4 nitrogen and oxygen atoms in total. The average Bonchev–Trinajstić information content (AvgIpc) is 2.52. The molecule has 0 aromatic heterocycles. The van der Waals surface area contributed by atoms with Crippen molar-refractivity contribution in [2.24, 2.45) is 23.2 Å². The van der Waals surface area contributed by atoms with Crippen LogP contribution in [0.25, 0.3) is 0 Å². The quantitative estimate of drug-likeness (QED) is 0.654. The maximum atomic E-state index is 12.8. The van der Waals surface area contributed by atoms with Crippen LogP contribution in [-0.2, 0) is 9.53 Å². The molecule has 1 saturated carbocycles. The largest absolute Gasteiger partial charge is 0.444 e. The van der Waals surface area contributed by atoms with Gasteiger partial charge in [-0.15, -0.1) is 0 Å². The normalized spacial score (nSPS) is 31.0. The lowest BCUT2D eigenvalue weighted by atomic mass is 9.65. The van der Waals surface area contributed by atoms with Crippen LogP contribution in [0.2, 0.25) is 0 Å². The molecule has 2 aliphatic rings. The van der Waals surface area contributed by atoms with E-state index in [1.807, 2.05) is 25.7 Å². The van der Waals surface area contributed by atoms with Crippen LogP contribution in [0.4, 0.5) is 4.79 Å². The number of ether oxygens (including phenoxy) is 1. The average molecular weight is 366 g/mol. The molecule has 1 amide bonds. The highest BCUT2D eigenvalue weighted by atomic mass is 16.6. The van der Waals surface area contributed by atoms with Crippen molar-refractivity contribution in [3.63, 3.8) is 0 Å². The van der Waals surface area contributed by atoms with Crippen molar-refractivity contribution in [2.75, 3.05) is 6.54 Å². The fourth-order valence-corrected chi connectivity index (χ4v) is 4.59. The second kappa shape index (κ2) is 7.90. The third-order valence-corrected chi connectivity index (χ3v) is 6.34. The predicted octanol–water partition coefficient (Wildman–Crippen LogP) is 5.44. The molecule has 4 heteroatoms. The zero-order valence-corrected chi connectivity index (χ0v) is 17.9. The van der Waals surface area contributed by atoms with Crippen LogP contribution in [0.3, 0.4) is 0 Å². The van der Waals surface area contributed by atoms with Gasteiger partial charge in [-0.2, -0.15) is 0 Å². The molecule has 150 valence electrons. The Morgan fingerprint density at radius 3 is 2.31 bits per heavy atom. The molecule has 1 saturated heterocycles. The highest BCUT2D eigenvalue weighted by Crippen LogP contribution is 2.43. The number of Topliss-reactive ketones (excluding diaryl/α,β-unsaturated/α-hetero) is 1. The summed E-state index contributed by atoms with van der Waals surface area (Å²) in [5.41, 5.74) is -0.303. The lowest BCUT2D eigenvalue weighted by molar-refractivity contribution is -0.130. The van der Waals surface area contributed by atoms with Crippen molar-refractivity contribution in [1.82, 2.24) is 4.90 Å². The van der Waals surface area contributed by atoms with Crippen LogP contribution in [0.1, 0.15) is 87.0 Å². The van der Waals surface area contributed by atoms with E-state index >= 15 is 0 Å². The van der Waals surface area contributed by atoms with Gasteiger partial charge in [0.1, 0.15) is 11.4 Å². The smallest absolute Gasteiger partial charge is 0.410 e. The van der Waals surface area contributed by atoms with E-state index in [9.17, 15) is 9.59 Å². The van der Waals surface area contributed by atoms with Crippen molar-refractivity contribution in [3.8, 4) is 0 Å². The maximum absolute atomic E-state index is 12.8. The van der Waals surface area contributed by atoms with Gasteiger partial charge in [-0.1, -0.05) is 34.1 Å². The van der Waals surface area contributed by atoms with Gasteiger partial charge in [-0.3, -0.25) is 4.79 Å². The molecular weight excluding hydrogens is 326 g/mol. The van der Waals surface area contributed by atoms with Gasteiger partial charge >= 0.3 is 6.09 Å². The summed E-state index contributed by atoms with van der Waals surface area (Å²) >= 11 is 0. The summed E-state index contributed by atoms with van der Waals surface area (Å²) in [6.45, 7) is 15.4. The summed E-state index contributed by atoms with van der Waals surface area (Å²) < 4.78 is 5.67. The summed E-state index contributed by atoms with van der Waals surface area (Å²) in [7, 11) is 0. The molecular formula is C22H39NO3. The highest BCUT2D eigenvalue weighted by Gasteiger charge is 2.44. The van der Waals surface area contributed by atoms with Gasteiger partial charge in [0, 0.05) is 24.9 Å². The molecule has 4 unspecified atom stereocenters. The number of carbonyl (C=O) groups excluding carboxylic acids is 2. The number of amides is 1. The Bertz CT molecular complexity index is 514. The minimum absolute atomic E-state index is 0.00111. The predicted molar refractivity (Wildman–Crippen MR) is 105 cm³/mol. The molecule has 2 rings (SSSR count). The molecule has 0 aromatic carbocycles. The second-order valence-electron chi connectivity index (χ2n) is 10.4. The summed E-state index contributed by atoms with van der Waals surface area (Å²) in [5, 5.41) is 0. The minimum Gasteiger partial charge on any atom is -0.444 e. The van der Waals surface area contributed by atoms with E-state index in [-0.39, 0.29) is 23.5 Å². The molecule has 0 N–H and O–H groups in total. The van der Waals surface area contributed by atoms with E-state index in [1.54, 1.807) is 0 Å². The Morgan fingerprint density at radius 1 is 1.12 bits per heavy atom. The van der Waals surface area contributed by atoms with Crippen LogP contribution in [-0.4, -0.2) is 35.0 Å². The van der Waals surface area contributed by atoms with Crippen molar-refractivity contribution in [3.05, 3.63) is 0 Å². The SMILES string of the molecule is CCC1CCN(C(=O)OC(C)(C)C)C(C2CC(C(C)(C)C)CCC2=O)C1. The summed E-state index contributed by atoms with van der Waals surface area (Å²) in [6, 6.07) is 0.00111. The van der Waals surface area contributed by atoms with Crippen molar-refractivity contribution in [1.29, 1.82) is 0 Å². The van der Waals surface area contributed by atoms with E-state index in [0.717, 1.165) is 32.1 Å². The van der Waals surface area contributed by atoms with Crippen LogP contribution in [0, 0.1) is 23.2 Å². The highest BCUT2D eigenvalue weighted by molar-refractivity contribution is 5.83. The standard InChI is InChI=1S/C22H39NO3/c1-8-15-11-12-23(20(25)26-22(5,6)7)18(13-15)17-14-16(21(2,3)4)9-10-19(17)24/h15-18H,8-14H2,1-7H3. The van der Waals surface area contributed by atoms with Gasteiger partial charge in [0.15, 0.2) is 0 Å². The summed E-state index contributed by atoms with van der Waals surface area (Å²) in [5.74, 6) is 1.45. The van der Waals surface area contributed by atoms with Gasteiger partial charge in [0.2, 0.25) is 0 Å². The molecule has 4 atom stereocenters. The first-order valence-electron chi connectivity index (χ1n) is 10.4. The first kappa shape index (κ1) is 21.2. The van der Waals surface area contributed by atoms with Crippen molar-refractivity contribution >= 4 is 11.9 Å². The third kappa shape index (κ3) is 5.23. The second-order valence-corrected chi connectivity index (χ2v) is 10.4. The number of ketones is 1. The fraction of sp³-hybridized carbons (Fsp3) is 0.909. The molecule has 1 aliphatic heterocycles. The molecule has 26 heavy (non-hydrogen) atoms. The Balaban J connectivity index is 2.23. The van der Waals surface area contributed by atoms with Crippen LogP contribution >= 0.6 is 0 Å². The van der Waals surface area contributed by atoms with Gasteiger partial charge in [-0.25, -0.2) is 4.79 Å². The fourth-order valence-electron chi connectivity index (χ4n) is 4.59. The minimum atomic E-state index is -0.506. The van der Waals surface area contributed by atoms with E-state index in [4.69, 9.17) is 4.74 Å². The number of piperidine rings is 1. The number of hydrogen-bond acceptors (Lipinski definition) is 3. The molecule has 0 spiro atoms. The van der Waals surface area contributed by atoms with Gasteiger partial charge in [0.25, 0.3) is 0 Å². The molecule has 0 radical (unpaired) electrons.